The van der Waals surface area contributed by atoms with Crippen LogP contribution in [0.4, 0.5) is 0 Å². The van der Waals surface area contributed by atoms with Crippen molar-refractivity contribution in [3.63, 3.8) is 0 Å². The zero-order chi connectivity index (χ0) is 8.91. The van der Waals surface area contributed by atoms with E-state index in [2.05, 4.69) is 0 Å². The summed E-state index contributed by atoms with van der Waals surface area (Å²) in [5.74, 6) is 0. The second-order valence-corrected chi connectivity index (χ2v) is 4.66. The summed E-state index contributed by atoms with van der Waals surface area (Å²) in [6.45, 7) is 3.45. The fourth-order valence-corrected chi connectivity index (χ4v) is 1.26. The van der Waals surface area contributed by atoms with Crippen LogP contribution in [-0.4, -0.2) is 21.8 Å². The predicted octanol–water partition coefficient (Wildman–Crippen LogP) is 1.66. The third kappa shape index (κ3) is 3.28. The Morgan fingerprint density at radius 2 is 2.09 bits per heavy atom. The van der Waals surface area contributed by atoms with Crippen LogP contribution in [0.5, 0.6) is 0 Å². The Labute approximate surface area is 68.3 Å². The maximum atomic E-state index is 10.7. The van der Waals surface area contributed by atoms with Crippen LogP contribution in [0.15, 0.2) is 0 Å². The number of rotatable bonds is 5. The molecule has 4 heteroatoms. The van der Waals surface area contributed by atoms with Gasteiger partial charge in [-0.25, -0.2) is 0 Å². The van der Waals surface area contributed by atoms with E-state index in [1.54, 1.807) is 6.92 Å². The first-order chi connectivity index (χ1) is 5.06. The van der Waals surface area contributed by atoms with Crippen molar-refractivity contribution in [2.45, 2.75) is 38.3 Å². The summed E-state index contributed by atoms with van der Waals surface area (Å²) in [6, 6.07) is 0. The molecule has 2 atom stereocenters. The molecule has 0 rings (SSSR count). The van der Waals surface area contributed by atoms with Gasteiger partial charge < -0.3 is 5.11 Å². The SMILES string of the molecule is CCCCC(C)(CO)[P+](=O)O. The molecule has 2 unspecified atom stereocenters. The molecule has 0 fully saturated rings. The van der Waals surface area contributed by atoms with Gasteiger partial charge in [0.2, 0.25) is 5.16 Å². The third-order valence-electron chi connectivity index (χ3n) is 1.87. The third-order valence-corrected chi connectivity index (χ3v) is 3.16. The summed E-state index contributed by atoms with van der Waals surface area (Å²) >= 11 is 0. The second kappa shape index (κ2) is 4.81. The fourth-order valence-electron chi connectivity index (χ4n) is 0.793. The molecule has 3 nitrogen and oxygen atoms in total. The van der Waals surface area contributed by atoms with Gasteiger partial charge in [-0.15, -0.1) is 0 Å². The molecule has 0 saturated heterocycles. The molecule has 66 valence electrons. The minimum atomic E-state index is -2.26. The smallest absolute Gasteiger partial charge is 0.391 e. The summed E-state index contributed by atoms with van der Waals surface area (Å²) in [7, 11) is -2.26. The summed E-state index contributed by atoms with van der Waals surface area (Å²) < 4.78 is 10.7. The highest BCUT2D eigenvalue weighted by atomic mass is 31.1. The number of aliphatic hydroxyl groups is 1. The van der Waals surface area contributed by atoms with Crippen LogP contribution in [-0.2, 0) is 4.57 Å². The van der Waals surface area contributed by atoms with Crippen molar-refractivity contribution in [2.75, 3.05) is 6.61 Å². The van der Waals surface area contributed by atoms with Crippen LogP contribution in [0.3, 0.4) is 0 Å². The van der Waals surface area contributed by atoms with Crippen molar-refractivity contribution in [1.82, 2.24) is 0 Å². The lowest BCUT2D eigenvalue weighted by Crippen LogP contribution is -2.24. The minimum Gasteiger partial charge on any atom is -0.391 e. The van der Waals surface area contributed by atoms with Gasteiger partial charge >= 0.3 is 8.03 Å². The maximum absolute atomic E-state index is 10.7. The van der Waals surface area contributed by atoms with E-state index in [0.717, 1.165) is 12.8 Å². The van der Waals surface area contributed by atoms with E-state index in [0.29, 0.717) is 6.42 Å². The van der Waals surface area contributed by atoms with E-state index in [-0.39, 0.29) is 6.61 Å². The molecular formula is C7H16O3P+. The minimum absolute atomic E-state index is 0.210. The van der Waals surface area contributed by atoms with Crippen molar-refractivity contribution in [1.29, 1.82) is 0 Å². The molecule has 0 heterocycles. The van der Waals surface area contributed by atoms with Crippen LogP contribution in [0, 0.1) is 0 Å². The summed E-state index contributed by atoms with van der Waals surface area (Å²) in [5, 5.41) is 8.05. The van der Waals surface area contributed by atoms with Crippen molar-refractivity contribution in [3.8, 4) is 0 Å². The van der Waals surface area contributed by atoms with E-state index in [1.807, 2.05) is 6.92 Å². The largest absolute Gasteiger partial charge is 0.514 e. The van der Waals surface area contributed by atoms with Crippen LogP contribution >= 0.6 is 8.03 Å². The van der Waals surface area contributed by atoms with Gasteiger partial charge in [-0.3, -0.25) is 0 Å². The Hall–Kier alpha value is 0.0200. The molecule has 0 saturated carbocycles. The van der Waals surface area contributed by atoms with Crippen LogP contribution in [0.2, 0.25) is 0 Å². The molecule has 0 aromatic carbocycles. The lowest BCUT2D eigenvalue weighted by molar-refractivity contribution is 0.234. The lowest BCUT2D eigenvalue weighted by atomic mass is 10.0. The molecule has 0 amide bonds. The molecule has 0 aromatic rings. The Morgan fingerprint density at radius 3 is 2.36 bits per heavy atom. The molecule has 0 aromatic heterocycles. The van der Waals surface area contributed by atoms with Crippen LogP contribution in [0.1, 0.15) is 33.1 Å². The Morgan fingerprint density at radius 1 is 1.55 bits per heavy atom. The van der Waals surface area contributed by atoms with Crippen molar-refractivity contribution >= 4 is 8.03 Å². The fraction of sp³-hybridized carbons (Fsp3) is 1.00. The first-order valence-corrected chi connectivity index (χ1v) is 5.05. The predicted molar refractivity (Wildman–Crippen MR) is 44.8 cm³/mol. The van der Waals surface area contributed by atoms with Gasteiger partial charge in [0.15, 0.2) is 0 Å². The van der Waals surface area contributed by atoms with Crippen molar-refractivity contribution in [2.24, 2.45) is 0 Å². The highest BCUT2D eigenvalue weighted by molar-refractivity contribution is 7.40. The first-order valence-electron chi connectivity index (χ1n) is 3.84. The molecule has 0 radical (unpaired) electrons. The zero-order valence-corrected chi connectivity index (χ0v) is 7.97. The lowest BCUT2D eigenvalue weighted by Gasteiger charge is -2.11. The quantitative estimate of drug-likeness (QED) is 0.631. The summed E-state index contributed by atoms with van der Waals surface area (Å²) in [5.41, 5.74) is 0. The van der Waals surface area contributed by atoms with Crippen molar-refractivity contribution < 1.29 is 14.6 Å². The highest BCUT2D eigenvalue weighted by Gasteiger charge is 2.42. The average Bonchev–Trinajstić information content (AvgIpc) is 2.00. The Balaban J connectivity index is 3.99. The van der Waals surface area contributed by atoms with Gasteiger partial charge in [0.05, 0.1) is 6.61 Å². The normalized spacial score (nSPS) is 17.6. The second-order valence-electron chi connectivity index (χ2n) is 3.03. The van der Waals surface area contributed by atoms with Gasteiger partial charge in [0, 0.05) is 6.42 Å². The molecule has 11 heavy (non-hydrogen) atoms. The van der Waals surface area contributed by atoms with Gasteiger partial charge in [-0.2, -0.15) is 4.89 Å². The topological polar surface area (TPSA) is 57.5 Å². The summed E-state index contributed by atoms with van der Waals surface area (Å²) in [4.78, 5) is 8.85. The summed E-state index contributed by atoms with van der Waals surface area (Å²) in [6.07, 6.45) is 2.49. The Bertz CT molecular complexity index is 138. The zero-order valence-electron chi connectivity index (χ0n) is 7.08. The molecule has 0 spiro atoms. The van der Waals surface area contributed by atoms with E-state index in [1.165, 1.54) is 0 Å². The van der Waals surface area contributed by atoms with Crippen LogP contribution < -0.4 is 0 Å². The molecular weight excluding hydrogens is 163 g/mol. The highest BCUT2D eigenvalue weighted by Crippen LogP contribution is 2.38. The average molecular weight is 179 g/mol. The first kappa shape index (κ1) is 11.0. The van der Waals surface area contributed by atoms with Gasteiger partial charge in [-0.1, -0.05) is 13.3 Å². The van der Waals surface area contributed by atoms with E-state index in [9.17, 15) is 4.57 Å². The molecule has 2 N–H and O–H groups in total. The van der Waals surface area contributed by atoms with E-state index in [4.69, 9.17) is 10.00 Å². The number of aliphatic hydroxyl groups excluding tert-OH is 1. The van der Waals surface area contributed by atoms with E-state index >= 15 is 0 Å². The molecule has 0 aliphatic carbocycles. The van der Waals surface area contributed by atoms with Gasteiger partial charge in [0.1, 0.15) is 0 Å². The van der Waals surface area contributed by atoms with Gasteiger partial charge in [0.25, 0.3) is 0 Å². The molecule has 0 bridgehead atoms. The number of hydrogen-bond acceptors (Lipinski definition) is 2. The number of hydrogen-bond donors (Lipinski definition) is 2. The van der Waals surface area contributed by atoms with Gasteiger partial charge in [-0.05, 0) is 17.9 Å². The molecule has 0 aliphatic rings. The standard InChI is InChI=1S/C7H15O3P/c1-3-4-5-7(2,6-8)11(9)10/h8H,3-6H2,1-2H3/p+1. The number of unbranched alkanes of at least 4 members (excludes halogenated alkanes) is 1. The monoisotopic (exact) mass is 179 g/mol. The van der Waals surface area contributed by atoms with E-state index < -0.39 is 13.2 Å². The maximum Gasteiger partial charge on any atom is 0.514 e. The molecule has 0 aliphatic heterocycles. The van der Waals surface area contributed by atoms with Crippen molar-refractivity contribution in [3.05, 3.63) is 0 Å². The van der Waals surface area contributed by atoms with Crippen LogP contribution in [0.25, 0.3) is 0 Å². The Kier molecular flexibility index (Phi) is 4.82.